The molecule has 0 aliphatic heterocycles. The van der Waals surface area contributed by atoms with Crippen LogP contribution in [0, 0.1) is 13.8 Å². The summed E-state index contributed by atoms with van der Waals surface area (Å²) in [5.74, 6) is -0.190. The van der Waals surface area contributed by atoms with Crippen molar-refractivity contribution in [2.24, 2.45) is 0 Å². The molecule has 2 aromatic carbocycles. The Balaban J connectivity index is 2.24. The highest BCUT2D eigenvalue weighted by atomic mass is 35.5. The zero-order valence-electron chi connectivity index (χ0n) is 15.3. The summed E-state index contributed by atoms with van der Waals surface area (Å²) in [6.07, 6.45) is 1.07. The molecule has 0 spiro atoms. The average molecular weight is 395 g/mol. The van der Waals surface area contributed by atoms with Crippen molar-refractivity contribution < 1.29 is 13.2 Å². The van der Waals surface area contributed by atoms with Crippen LogP contribution in [-0.4, -0.2) is 27.6 Å². The van der Waals surface area contributed by atoms with Crippen LogP contribution in [0.2, 0.25) is 5.02 Å². The van der Waals surface area contributed by atoms with Gasteiger partial charge in [-0.3, -0.25) is 4.79 Å². The molecule has 140 valence electrons. The number of carbonyl (C=O) groups is 1. The summed E-state index contributed by atoms with van der Waals surface area (Å²) in [6, 6.07) is 11.9. The fourth-order valence-corrected chi connectivity index (χ4v) is 3.43. The number of rotatable bonds is 6. The molecular formula is C19H23ClN2O3S. The first-order valence-electron chi connectivity index (χ1n) is 8.13. The predicted octanol–water partition coefficient (Wildman–Crippen LogP) is 3.60. The van der Waals surface area contributed by atoms with Crippen molar-refractivity contribution in [1.82, 2.24) is 4.72 Å². The number of sulfonamides is 1. The minimum absolute atomic E-state index is 0.00186. The van der Waals surface area contributed by atoms with Crippen molar-refractivity contribution in [3.8, 4) is 0 Å². The van der Waals surface area contributed by atoms with Crippen LogP contribution in [0.5, 0.6) is 0 Å². The summed E-state index contributed by atoms with van der Waals surface area (Å²) in [5.41, 5.74) is 3.69. The highest BCUT2D eigenvalue weighted by Crippen LogP contribution is 2.24. The number of nitrogens with zero attached hydrogens (tertiary/aromatic N) is 1. The van der Waals surface area contributed by atoms with Crippen LogP contribution in [-0.2, 0) is 14.8 Å². The number of nitrogens with one attached hydrogen (secondary N) is 1. The Morgan fingerprint density at radius 2 is 1.73 bits per heavy atom. The van der Waals surface area contributed by atoms with E-state index in [-0.39, 0.29) is 12.3 Å². The van der Waals surface area contributed by atoms with E-state index >= 15 is 0 Å². The third kappa shape index (κ3) is 5.56. The van der Waals surface area contributed by atoms with Crippen LogP contribution in [0.1, 0.15) is 29.2 Å². The Morgan fingerprint density at radius 1 is 1.12 bits per heavy atom. The highest BCUT2D eigenvalue weighted by Gasteiger charge is 2.22. The summed E-state index contributed by atoms with van der Waals surface area (Å²) >= 11 is 5.90. The molecule has 0 aromatic heterocycles. The van der Waals surface area contributed by atoms with Gasteiger partial charge in [0.25, 0.3) is 0 Å². The molecule has 1 N–H and O–H groups in total. The first-order chi connectivity index (χ1) is 12.1. The van der Waals surface area contributed by atoms with Crippen LogP contribution in [0.15, 0.2) is 42.5 Å². The first kappa shape index (κ1) is 20.4. The smallest absolute Gasteiger partial charge is 0.228 e. The maximum absolute atomic E-state index is 12.7. The van der Waals surface area contributed by atoms with E-state index in [1.54, 1.807) is 36.2 Å². The molecule has 2 rings (SSSR count). The van der Waals surface area contributed by atoms with Crippen molar-refractivity contribution in [2.45, 2.75) is 26.3 Å². The lowest BCUT2D eigenvalue weighted by Gasteiger charge is -2.23. The zero-order valence-corrected chi connectivity index (χ0v) is 16.9. The molecule has 0 fully saturated rings. The number of hydrogen-bond acceptors (Lipinski definition) is 3. The van der Waals surface area contributed by atoms with Gasteiger partial charge < -0.3 is 4.90 Å². The number of anilines is 1. The monoisotopic (exact) mass is 394 g/mol. The second-order valence-electron chi connectivity index (χ2n) is 6.42. The van der Waals surface area contributed by atoms with Gasteiger partial charge in [0.1, 0.15) is 0 Å². The Morgan fingerprint density at radius 3 is 2.27 bits per heavy atom. The minimum Gasteiger partial charge on any atom is -0.315 e. The summed E-state index contributed by atoms with van der Waals surface area (Å²) in [4.78, 5) is 14.3. The topological polar surface area (TPSA) is 66.5 Å². The van der Waals surface area contributed by atoms with E-state index in [1.807, 2.05) is 32.0 Å². The van der Waals surface area contributed by atoms with E-state index in [2.05, 4.69) is 4.72 Å². The standard InChI is InChI=1S/C19H23ClN2O3S/c1-13-5-10-17(11-14(13)2)22(3)19(23)12-18(21-26(4,24)25)15-6-8-16(20)9-7-15/h5-11,18,21H,12H2,1-4H3/t18-/m0/s1. The quantitative estimate of drug-likeness (QED) is 0.813. The van der Waals surface area contributed by atoms with Gasteiger partial charge in [-0.15, -0.1) is 0 Å². The number of aryl methyl sites for hydroxylation is 2. The second kappa shape index (κ2) is 8.20. The van der Waals surface area contributed by atoms with Crippen molar-refractivity contribution in [2.75, 3.05) is 18.2 Å². The van der Waals surface area contributed by atoms with Crippen LogP contribution in [0.3, 0.4) is 0 Å². The minimum atomic E-state index is -3.48. The maximum Gasteiger partial charge on any atom is 0.228 e. The van der Waals surface area contributed by atoms with E-state index in [1.165, 1.54) is 0 Å². The Labute approximate surface area is 160 Å². The zero-order chi connectivity index (χ0) is 19.5. The van der Waals surface area contributed by atoms with Gasteiger partial charge in [0, 0.05) is 24.2 Å². The Hall–Kier alpha value is -1.89. The molecule has 0 bridgehead atoms. The van der Waals surface area contributed by atoms with Crippen molar-refractivity contribution in [3.63, 3.8) is 0 Å². The number of halogens is 1. The van der Waals surface area contributed by atoms with Gasteiger partial charge in [0.2, 0.25) is 15.9 Å². The number of benzene rings is 2. The molecular weight excluding hydrogens is 372 g/mol. The van der Waals surface area contributed by atoms with Gasteiger partial charge in [-0.05, 0) is 54.8 Å². The van der Waals surface area contributed by atoms with Crippen LogP contribution >= 0.6 is 11.6 Å². The molecule has 26 heavy (non-hydrogen) atoms. The molecule has 2 aromatic rings. The third-order valence-corrected chi connectivity index (χ3v) is 5.22. The molecule has 5 nitrogen and oxygen atoms in total. The van der Waals surface area contributed by atoms with E-state index in [0.29, 0.717) is 10.6 Å². The van der Waals surface area contributed by atoms with Crippen molar-refractivity contribution in [3.05, 3.63) is 64.2 Å². The molecule has 0 unspecified atom stereocenters. The summed E-state index contributed by atoms with van der Waals surface area (Å²) in [7, 11) is -1.80. The normalized spacial score (nSPS) is 12.7. The fraction of sp³-hybridized carbons (Fsp3) is 0.316. The van der Waals surface area contributed by atoms with E-state index < -0.39 is 16.1 Å². The average Bonchev–Trinajstić information content (AvgIpc) is 2.55. The number of hydrogen-bond donors (Lipinski definition) is 1. The van der Waals surface area contributed by atoms with Gasteiger partial charge >= 0.3 is 0 Å². The predicted molar refractivity (Wildman–Crippen MR) is 106 cm³/mol. The summed E-state index contributed by atoms with van der Waals surface area (Å²) in [6.45, 7) is 3.99. The molecule has 0 aliphatic carbocycles. The maximum atomic E-state index is 12.7. The van der Waals surface area contributed by atoms with Gasteiger partial charge in [0.15, 0.2) is 0 Å². The third-order valence-electron chi connectivity index (χ3n) is 4.26. The molecule has 0 heterocycles. The molecule has 0 aliphatic rings. The fourth-order valence-electron chi connectivity index (χ4n) is 2.57. The SMILES string of the molecule is Cc1ccc(N(C)C(=O)C[C@H](NS(C)(=O)=O)c2ccc(Cl)cc2)cc1C. The lowest BCUT2D eigenvalue weighted by molar-refractivity contribution is -0.118. The second-order valence-corrected chi connectivity index (χ2v) is 8.64. The summed E-state index contributed by atoms with van der Waals surface area (Å²) < 4.78 is 26.0. The molecule has 0 saturated heterocycles. The van der Waals surface area contributed by atoms with Crippen LogP contribution in [0.4, 0.5) is 5.69 Å². The lowest BCUT2D eigenvalue weighted by atomic mass is 10.0. The van der Waals surface area contributed by atoms with E-state index in [9.17, 15) is 13.2 Å². The van der Waals surface area contributed by atoms with Gasteiger partial charge in [0.05, 0.1) is 12.3 Å². The Kier molecular flexibility index (Phi) is 6.44. The van der Waals surface area contributed by atoms with Crippen molar-refractivity contribution in [1.29, 1.82) is 0 Å². The summed E-state index contributed by atoms with van der Waals surface area (Å²) in [5, 5.41) is 0.547. The van der Waals surface area contributed by atoms with Crippen LogP contribution in [0.25, 0.3) is 0 Å². The van der Waals surface area contributed by atoms with Gasteiger partial charge in [-0.1, -0.05) is 29.8 Å². The van der Waals surface area contributed by atoms with E-state index in [0.717, 1.165) is 23.1 Å². The van der Waals surface area contributed by atoms with Gasteiger partial charge in [-0.25, -0.2) is 13.1 Å². The molecule has 0 radical (unpaired) electrons. The molecule has 1 atom stereocenters. The van der Waals surface area contributed by atoms with Crippen molar-refractivity contribution >= 4 is 33.2 Å². The number of carbonyl (C=O) groups excluding carboxylic acids is 1. The largest absolute Gasteiger partial charge is 0.315 e. The first-order valence-corrected chi connectivity index (χ1v) is 10.4. The van der Waals surface area contributed by atoms with E-state index in [4.69, 9.17) is 11.6 Å². The number of amides is 1. The lowest BCUT2D eigenvalue weighted by Crippen LogP contribution is -2.34. The van der Waals surface area contributed by atoms with Crippen LogP contribution < -0.4 is 9.62 Å². The molecule has 7 heteroatoms. The van der Waals surface area contributed by atoms with Gasteiger partial charge in [-0.2, -0.15) is 0 Å². The Bertz CT molecular complexity index is 896. The molecule has 0 saturated carbocycles. The molecule has 1 amide bonds. The highest BCUT2D eigenvalue weighted by molar-refractivity contribution is 7.88.